The maximum atomic E-state index is 12.7. The van der Waals surface area contributed by atoms with Gasteiger partial charge < -0.3 is 14.7 Å². The number of rotatable bonds is 5. The Labute approximate surface area is 183 Å². The van der Waals surface area contributed by atoms with Crippen molar-refractivity contribution in [3.8, 4) is 0 Å². The van der Waals surface area contributed by atoms with Crippen molar-refractivity contribution >= 4 is 23.5 Å². The standard InChI is InChI=1S/C23H31N5OS/c1-17-18(2)24-23(25-21(17)27-10-4-5-11-27)30-16-19-6-8-20(9-7-19)22(29)28-14-12-26(3)13-15-28/h6-9H,4-5,10-16H2,1-3H3. The van der Waals surface area contributed by atoms with Gasteiger partial charge in [-0.25, -0.2) is 9.97 Å². The number of thioether (sulfide) groups is 1. The summed E-state index contributed by atoms with van der Waals surface area (Å²) in [7, 11) is 2.10. The third-order valence-electron chi connectivity index (χ3n) is 6.11. The smallest absolute Gasteiger partial charge is 0.253 e. The Bertz CT molecular complexity index is 887. The lowest BCUT2D eigenvalue weighted by molar-refractivity contribution is 0.0664. The zero-order valence-corrected chi connectivity index (χ0v) is 19.0. The van der Waals surface area contributed by atoms with Gasteiger partial charge in [0.15, 0.2) is 5.16 Å². The molecule has 2 aliphatic heterocycles. The van der Waals surface area contributed by atoms with Crippen LogP contribution in [0.3, 0.4) is 0 Å². The van der Waals surface area contributed by atoms with Crippen LogP contribution in [-0.2, 0) is 5.75 Å². The first-order valence-corrected chi connectivity index (χ1v) is 11.8. The molecule has 30 heavy (non-hydrogen) atoms. The Balaban J connectivity index is 1.39. The summed E-state index contributed by atoms with van der Waals surface area (Å²) in [6, 6.07) is 8.01. The number of piperazine rings is 1. The summed E-state index contributed by atoms with van der Waals surface area (Å²) in [6.45, 7) is 9.85. The maximum Gasteiger partial charge on any atom is 0.253 e. The Morgan fingerprint density at radius 2 is 1.63 bits per heavy atom. The Morgan fingerprint density at radius 1 is 0.967 bits per heavy atom. The average molecular weight is 426 g/mol. The molecule has 2 aromatic rings. The fourth-order valence-electron chi connectivity index (χ4n) is 3.97. The second-order valence-electron chi connectivity index (χ2n) is 8.32. The molecule has 0 atom stereocenters. The molecule has 1 aromatic carbocycles. The molecule has 2 saturated heterocycles. The van der Waals surface area contributed by atoms with E-state index in [0.717, 1.165) is 67.3 Å². The highest BCUT2D eigenvalue weighted by Crippen LogP contribution is 2.28. The number of carbonyl (C=O) groups is 1. The van der Waals surface area contributed by atoms with Crippen molar-refractivity contribution in [2.45, 2.75) is 37.6 Å². The predicted octanol–water partition coefficient (Wildman–Crippen LogP) is 3.37. The van der Waals surface area contributed by atoms with Crippen molar-refractivity contribution in [3.05, 3.63) is 46.6 Å². The first-order valence-electron chi connectivity index (χ1n) is 10.8. The SMILES string of the molecule is Cc1nc(SCc2ccc(C(=O)N3CCN(C)CC3)cc2)nc(N2CCCC2)c1C. The predicted molar refractivity (Wildman–Crippen MR) is 122 cm³/mol. The number of hydrogen-bond acceptors (Lipinski definition) is 6. The van der Waals surface area contributed by atoms with Crippen LogP contribution in [0.1, 0.15) is 40.0 Å². The fourth-order valence-corrected chi connectivity index (χ4v) is 4.81. The molecule has 0 unspecified atom stereocenters. The molecule has 0 N–H and O–H groups in total. The van der Waals surface area contributed by atoms with E-state index in [1.807, 2.05) is 17.0 Å². The molecule has 7 heteroatoms. The van der Waals surface area contributed by atoms with Crippen molar-refractivity contribution in [1.82, 2.24) is 19.8 Å². The Kier molecular flexibility index (Phi) is 6.58. The summed E-state index contributed by atoms with van der Waals surface area (Å²) >= 11 is 1.66. The van der Waals surface area contributed by atoms with Gasteiger partial charge in [-0.15, -0.1) is 0 Å². The monoisotopic (exact) mass is 425 g/mol. The van der Waals surface area contributed by atoms with E-state index in [-0.39, 0.29) is 5.91 Å². The molecular weight excluding hydrogens is 394 g/mol. The van der Waals surface area contributed by atoms with Gasteiger partial charge in [0.25, 0.3) is 5.91 Å². The molecule has 6 nitrogen and oxygen atoms in total. The minimum absolute atomic E-state index is 0.134. The Morgan fingerprint density at radius 3 is 2.30 bits per heavy atom. The molecule has 2 aliphatic rings. The number of amides is 1. The zero-order valence-electron chi connectivity index (χ0n) is 18.2. The van der Waals surface area contributed by atoms with Crippen LogP contribution < -0.4 is 4.90 Å². The van der Waals surface area contributed by atoms with E-state index in [1.165, 1.54) is 24.0 Å². The van der Waals surface area contributed by atoms with Crippen molar-refractivity contribution in [2.75, 3.05) is 51.2 Å². The summed E-state index contributed by atoms with van der Waals surface area (Å²) in [4.78, 5) is 28.8. The lowest BCUT2D eigenvalue weighted by atomic mass is 10.1. The third kappa shape index (κ3) is 4.78. The molecule has 0 radical (unpaired) electrons. The van der Waals surface area contributed by atoms with Gasteiger partial charge in [-0.3, -0.25) is 4.79 Å². The lowest BCUT2D eigenvalue weighted by Gasteiger charge is -2.32. The summed E-state index contributed by atoms with van der Waals surface area (Å²) < 4.78 is 0. The Hall–Kier alpha value is -2.12. The molecule has 1 aromatic heterocycles. The number of likely N-dealkylation sites (N-methyl/N-ethyl adjacent to an activating group) is 1. The van der Waals surface area contributed by atoms with Crippen molar-refractivity contribution in [3.63, 3.8) is 0 Å². The van der Waals surface area contributed by atoms with E-state index < -0.39 is 0 Å². The largest absolute Gasteiger partial charge is 0.356 e. The minimum Gasteiger partial charge on any atom is -0.356 e. The van der Waals surface area contributed by atoms with Gasteiger partial charge in [0, 0.05) is 61.8 Å². The third-order valence-corrected chi connectivity index (χ3v) is 7.03. The van der Waals surface area contributed by atoms with Gasteiger partial charge in [-0.05, 0) is 51.4 Å². The molecule has 0 bridgehead atoms. The average Bonchev–Trinajstić information content (AvgIpc) is 3.29. The van der Waals surface area contributed by atoms with Gasteiger partial charge in [0.2, 0.25) is 0 Å². The van der Waals surface area contributed by atoms with E-state index >= 15 is 0 Å². The van der Waals surface area contributed by atoms with Crippen LogP contribution in [0.2, 0.25) is 0 Å². The first kappa shape index (κ1) is 21.1. The lowest BCUT2D eigenvalue weighted by Crippen LogP contribution is -2.47. The number of benzene rings is 1. The van der Waals surface area contributed by atoms with Gasteiger partial charge in [-0.1, -0.05) is 23.9 Å². The number of hydrogen-bond donors (Lipinski definition) is 0. The van der Waals surface area contributed by atoms with Crippen LogP contribution in [0.25, 0.3) is 0 Å². The molecule has 4 rings (SSSR count). The number of aryl methyl sites for hydroxylation is 1. The van der Waals surface area contributed by atoms with E-state index in [4.69, 9.17) is 9.97 Å². The first-order chi connectivity index (χ1) is 14.5. The molecule has 0 saturated carbocycles. The summed E-state index contributed by atoms with van der Waals surface area (Å²) in [5.74, 6) is 2.02. The molecule has 2 fully saturated rings. The van der Waals surface area contributed by atoms with Crippen molar-refractivity contribution in [1.29, 1.82) is 0 Å². The highest BCUT2D eigenvalue weighted by atomic mass is 32.2. The second kappa shape index (κ2) is 9.35. The summed E-state index contributed by atoms with van der Waals surface area (Å²) in [5, 5.41) is 0.831. The number of carbonyl (C=O) groups excluding carboxylic acids is 1. The quantitative estimate of drug-likeness (QED) is 0.541. The highest BCUT2D eigenvalue weighted by molar-refractivity contribution is 7.98. The van der Waals surface area contributed by atoms with Gasteiger partial charge in [0.1, 0.15) is 5.82 Å². The molecule has 0 spiro atoms. The topological polar surface area (TPSA) is 52.6 Å². The van der Waals surface area contributed by atoms with Gasteiger partial charge in [-0.2, -0.15) is 0 Å². The molecule has 0 aliphatic carbocycles. The van der Waals surface area contributed by atoms with E-state index in [0.29, 0.717) is 0 Å². The number of nitrogens with zero attached hydrogens (tertiary/aromatic N) is 5. The normalized spacial score (nSPS) is 17.6. The molecule has 160 valence electrons. The van der Waals surface area contributed by atoms with Crippen molar-refractivity contribution < 1.29 is 4.79 Å². The fraction of sp³-hybridized carbons (Fsp3) is 0.522. The van der Waals surface area contributed by atoms with Crippen LogP contribution in [0.15, 0.2) is 29.4 Å². The van der Waals surface area contributed by atoms with E-state index in [9.17, 15) is 4.79 Å². The van der Waals surface area contributed by atoms with Crippen LogP contribution >= 0.6 is 11.8 Å². The van der Waals surface area contributed by atoms with Gasteiger partial charge in [0.05, 0.1) is 0 Å². The number of anilines is 1. The van der Waals surface area contributed by atoms with E-state index in [2.05, 4.69) is 42.8 Å². The van der Waals surface area contributed by atoms with Crippen LogP contribution in [-0.4, -0.2) is 72.0 Å². The van der Waals surface area contributed by atoms with Crippen LogP contribution in [0.5, 0.6) is 0 Å². The summed E-state index contributed by atoms with van der Waals surface area (Å²) in [5.41, 5.74) is 4.20. The zero-order chi connectivity index (χ0) is 21.1. The summed E-state index contributed by atoms with van der Waals surface area (Å²) in [6.07, 6.45) is 2.48. The van der Waals surface area contributed by atoms with Crippen LogP contribution in [0, 0.1) is 13.8 Å². The number of aromatic nitrogens is 2. The maximum absolute atomic E-state index is 12.7. The molecule has 3 heterocycles. The highest BCUT2D eigenvalue weighted by Gasteiger charge is 2.21. The second-order valence-corrected chi connectivity index (χ2v) is 9.26. The van der Waals surface area contributed by atoms with Gasteiger partial charge >= 0.3 is 0 Å². The molecule has 1 amide bonds. The van der Waals surface area contributed by atoms with E-state index in [1.54, 1.807) is 11.8 Å². The van der Waals surface area contributed by atoms with Crippen LogP contribution in [0.4, 0.5) is 5.82 Å². The van der Waals surface area contributed by atoms with Crippen molar-refractivity contribution in [2.24, 2.45) is 0 Å². The molecular formula is C23H31N5OS. The minimum atomic E-state index is 0.134.